The van der Waals surface area contributed by atoms with E-state index in [4.69, 9.17) is 4.74 Å². The molecule has 0 atom stereocenters. The quantitative estimate of drug-likeness (QED) is 0.726. The molecule has 120 valence electrons. The summed E-state index contributed by atoms with van der Waals surface area (Å²) in [6, 6.07) is 2.43. The Morgan fingerprint density at radius 1 is 1.09 bits per heavy atom. The highest BCUT2D eigenvalue weighted by Crippen LogP contribution is 2.33. The number of benzene rings is 1. The van der Waals surface area contributed by atoms with Crippen molar-refractivity contribution in [2.24, 2.45) is 0 Å². The largest absolute Gasteiger partial charge is 0.496 e. The average Bonchev–Trinajstić information content (AvgIpc) is 3.19. The highest BCUT2D eigenvalue weighted by molar-refractivity contribution is 5.65. The van der Waals surface area contributed by atoms with E-state index in [9.17, 15) is 8.78 Å². The molecule has 0 fully saturated rings. The van der Waals surface area contributed by atoms with E-state index in [-0.39, 0.29) is 11.3 Å². The molecule has 0 spiro atoms. The number of methoxy groups -OCH3 is 1. The maximum Gasteiger partial charge on any atom is 0.173 e. The Morgan fingerprint density at radius 3 is 2.57 bits per heavy atom. The first kappa shape index (κ1) is 15.2. The minimum Gasteiger partial charge on any atom is -0.496 e. The molecule has 5 nitrogen and oxygen atoms in total. The second-order valence-electron chi connectivity index (χ2n) is 4.95. The maximum absolute atomic E-state index is 14.3. The molecule has 2 heterocycles. The van der Waals surface area contributed by atoms with Gasteiger partial charge in [-0.15, -0.1) is 0 Å². The fourth-order valence-corrected chi connectivity index (χ4v) is 2.51. The molecule has 7 heteroatoms. The van der Waals surface area contributed by atoms with Gasteiger partial charge in [-0.25, -0.2) is 18.7 Å². The van der Waals surface area contributed by atoms with Crippen molar-refractivity contribution in [3.8, 4) is 17.1 Å². The van der Waals surface area contributed by atoms with Crippen LogP contribution in [0.15, 0.2) is 36.9 Å². The Labute approximate surface area is 132 Å². The van der Waals surface area contributed by atoms with Crippen molar-refractivity contribution in [2.75, 3.05) is 7.11 Å². The van der Waals surface area contributed by atoms with Gasteiger partial charge < -0.3 is 13.9 Å². The standard InChI is InChI=1S/C16H16F2N4O/c1-3-21-8-6-19-13(21)10-22-9-7-20-16(22)14-12(23-2)5-4-11(17)15(14)18/h4-9H,3,10H2,1-2H3. The zero-order valence-corrected chi connectivity index (χ0v) is 12.8. The smallest absolute Gasteiger partial charge is 0.173 e. The number of hydrogen-bond donors (Lipinski definition) is 0. The van der Waals surface area contributed by atoms with E-state index < -0.39 is 11.6 Å². The fourth-order valence-electron chi connectivity index (χ4n) is 2.51. The van der Waals surface area contributed by atoms with Crippen molar-refractivity contribution in [2.45, 2.75) is 20.0 Å². The van der Waals surface area contributed by atoms with Gasteiger partial charge in [-0.2, -0.15) is 0 Å². The summed E-state index contributed by atoms with van der Waals surface area (Å²) in [6.07, 6.45) is 6.82. The number of aryl methyl sites for hydroxylation is 1. The molecule has 0 radical (unpaired) electrons. The first-order chi connectivity index (χ1) is 11.2. The lowest BCUT2D eigenvalue weighted by Crippen LogP contribution is -2.09. The fraction of sp³-hybridized carbons (Fsp3) is 0.250. The van der Waals surface area contributed by atoms with Crippen LogP contribution in [0.5, 0.6) is 5.75 Å². The third-order valence-corrected chi connectivity index (χ3v) is 3.67. The molecule has 0 aliphatic carbocycles. The summed E-state index contributed by atoms with van der Waals surface area (Å²) in [7, 11) is 1.41. The van der Waals surface area contributed by atoms with Gasteiger partial charge in [0.05, 0.1) is 19.2 Å². The summed E-state index contributed by atoms with van der Waals surface area (Å²) >= 11 is 0. The Bertz CT molecular complexity index is 825. The van der Waals surface area contributed by atoms with Crippen LogP contribution in [0.25, 0.3) is 11.4 Å². The van der Waals surface area contributed by atoms with Crippen LogP contribution in [0.3, 0.4) is 0 Å². The molecular weight excluding hydrogens is 302 g/mol. The lowest BCUT2D eigenvalue weighted by atomic mass is 10.1. The Kier molecular flexibility index (Phi) is 4.10. The topological polar surface area (TPSA) is 44.9 Å². The molecule has 3 rings (SSSR count). The van der Waals surface area contributed by atoms with E-state index in [1.807, 2.05) is 17.7 Å². The highest BCUT2D eigenvalue weighted by atomic mass is 19.2. The van der Waals surface area contributed by atoms with Crippen molar-refractivity contribution in [3.05, 3.63) is 54.4 Å². The molecule has 0 bridgehead atoms. The van der Waals surface area contributed by atoms with Crippen LogP contribution in [-0.2, 0) is 13.1 Å². The molecule has 0 aliphatic heterocycles. The molecule has 1 aromatic carbocycles. The van der Waals surface area contributed by atoms with Crippen molar-refractivity contribution < 1.29 is 13.5 Å². The Morgan fingerprint density at radius 2 is 1.83 bits per heavy atom. The third kappa shape index (κ3) is 2.69. The van der Waals surface area contributed by atoms with Crippen LogP contribution in [0, 0.1) is 11.6 Å². The van der Waals surface area contributed by atoms with Gasteiger partial charge in [0.2, 0.25) is 0 Å². The van der Waals surface area contributed by atoms with Gasteiger partial charge in [-0.1, -0.05) is 0 Å². The van der Waals surface area contributed by atoms with E-state index >= 15 is 0 Å². The number of halogens is 2. The number of aromatic nitrogens is 4. The highest BCUT2D eigenvalue weighted by Gasteiger charge is 2.20. The minimum absolute atomic E-state index is 0.00658. The first-order valence-corrected chi connectivity index (χ1v) is 7.19. The lowest BCUT2D eigenvalue weighted by molar-refractivity contribution is 0.408. The molecule has 0 amide bonds. The van der Waals surface area contributed by atoms with Crippen molar-refractivity contribution in [3.63, 3.8) is 0 Å². The minimum atomic E-state index is -0.976. The van der Waals surface area contributed by atoms with Crippen molar-refractivity contribution >= 4 is 0 Å². The van der Waals surface area contributed by atoms with E-state index in [0.29, 0.717) is 12.4 Å². The van der Waals surface area contributed by atoms with Gasteiger partial charge in [-0.3, -0.25) is 0 Å². The van der Waals surface area contributed by atoms with Crippen molar-refractivity contribution in [1.82, 2.24) is 19.1 Å². The molecule has 0 N–H and O–H groups in total. The molecule has 0 saturated heterocycles. The number of nitrogens with zero attached hydrogens (tertiary/aromatic N) is 4. The zero-order valence-electron chi connectivity index (χ0n) is 12.8. The third-order valence-electron chi connectivity index (χ3n) is 3.67. The number of hydrogen-bond acceptors (Lipinski definition) is 3. The summed E-state index contributed by atoms with van der Waals surface area (Å²) < 4.78 is 36.8. The molecule has 2 aromatic heterocycles. The second kappa shape index (κ2) is 6.20. The molecule has 23 heavy (non-hydrogen) atoms. The number of ether oxygens (including phenoxy) is 1. The maximum atomic E-state index is 14.3. The molecule has 0 unspecified atom stereocenters. The number of rotatable bonds is 5. The number of imidazole rings is 2. The zero-order chi connectivity index (χ0) is 16.4. The average molecular weight is 318 g/mol. The van der Waals surface area contributed by atoms with Gasteiger partial charge in [0.25, 0.3) is 0 Å². The van der Waals surface area contributed by atoms with Crippen LogP contribution < -0.4 is 4.74 Å². The van der Waals surface area contributed by atoms with Crippen LogP contribution in [0.1, 0.15) is 12.7 Å². The lowest BCUT2D eigenvalue weighted by Gasteiger charge is -2.13. The van der Waals surface area contributed by atoms with Crippen LogP contribution >= 0.6 is 0 Å². The van der Waals surface area contributed by atoms with Crippen LogP contribution in [0.2, 0.25) is 0 Å². The van der Waals surface area contributed by atoms with Gasteiger partial charge in [0, 0.05) is 31.3 Å². The van der Waals surface area contributed by atoms with Gasteiger partial charge in [-0.05, 0) is 19.1 Å². The second-order valence-corrected chi connectivity index (χ2v) is 4.95. The normalized spacial score (nSPS) is 11.0. The molecule has 0 saturated carbocycles. The first-order valence-electron chi connectivity index (χ1n) is 7.19. The van der Waals surface area contributed by atoms with Gasteiger partial charge >= 0.3 is 0 Å². The van der Waals surface area contributed by atoms with E-state index in [1.165, 1.54) is 13.2 Å². The predicted molar refractivity (Wildman–Crippen MR) is 81.1 cm³/mol. The molecule has 0 aliphatic rings. The van der Waals surface area contributed by atoms with Crippen LogP contribution in [0.4, 0.5) is 8.78 Å². The van der Waals surface area contributed by atoms with E-state index in [1.54, 1.807) is 23.2 Å². The Hall–Kier alpha value is -2.70. The Balaban J connectivity index is 2.07. The van der Waals surface area contributed by atoms with E-state index in [0.717, 1.165) is 18.4 Å². The monoisotopic (exact) mass is 318 g/mol. The van der Waals surface area contributed by atoms with Crippen molar-refractivity contribution in [1.29, 1.82) is 0 Å². The summed E-state index contributed by atoms with van der Waals surface area (Å²) in [5.41, 5.74) is 0.00658. The molecule has 3 aromatic rings. The van der Waals surface area contributed by atoms with Gasteiger partial charge in [0.15, 0.2) is 11.6 Å². The summed E-state index contributed by atoms with van der Waals surface area (Å²) in [5, 5.41) is 0. The van der Waals surface area contributed by atoms with Crippen LogP contribution in [-0.4, -0.2) is 26.2 Å². The predicted octanol–water partition coefficient (Wildman–Crippen LogP) is 3.10. The summed E-state index contributed by atoms with van der Waals surface area (Å²) in [4.78, 5) is 8.47. The summed E-state index contributed by atoms with van der Waals surface area (Å²) in [5.74, 6) is -0.580. The summed E-state index contributed by atoms with van der Waals surface area (Å²) in [6.45, 7) is 3.18. The molecular formula is C16H16F2N4O. The SMILES string of the molecule is CCn1ccnc1Cn1ccnc1-c1c(OC)ccc(F)c1F. The van der Waals surface area contributed by atoms with Gasteiger partial charge in [0.1, 0.15) is 17.4 Å². The van der Waals surface area contributed by atoms with E-state index in [2.05, 4.69) is 9.97 Å².